The molecule has 4 heteroatoms. The summed E-state index contributed by atoms with van der Waals surface area (Å²) in [6.45, 7) is 7.74. The van der Waals surface area contributed by atoms with Gasteiger partial charge in [0.1, 0.15) is 0 Å². The van der Waals surface area contributed by atoms with Gasteiger partial charge in [0, 0.05) is 24.4 Å². The summed E-state index contributed by atoms with van der Waals surface area (Å²) in [5.74, 6) is 4.03. The van der Waals surface area contributed by atoms with E-state index >= 15 is 0 Å². The van der Waals surface area contributed by atoms with Gasteiger partial charge in [-0.3, -0.25) is 9.59 Å². The second kappa shape index (κ2) is 7.52. The molecule has 0 spiro atoms. The predicted octanol–water partition coefficient (Wildman–Crippen LogP) is 4.68. The van der Waals surface area contributed by atoms with Crippen molar-refractivity contribution in [2.45, 2.75) is 97.4 Å². The Hall–Kier alpha value is -1.06. The Morgan fingerprint density at radius 1 is 0.800 bits per heavy atom. The van der Waals surface area contributed by atoms with Gasteiger partial charge in [-0.2, -0.15) is 0 Å². The Bertz CT molecular complexity index is 703. The molecule has 0 aromatic rings. The molecule has 5 aliphatic carbocycles. The number of carbonyl (C=O) groups excluding carboxylic acids is 2. The second-order valence-corrected chi connectivity index (χ2v) is 13.0. The van der Waals surface area contributed by atoms with Crippen LogP contribution in [0.4, 0.5) is 0 Å². The molecule has 5 fully saturated rings. The highest BCUT2D eigenvalue weighted by Gasteiger charge is 2.47. The molecule has 0 aromatic carbocycles. The fraction of sp³-hybridized carbons (Fsp3) is 0.923. The Balaban J connectivity index is 1.18. The van der Waals surface area contributed by atoms with Crippen LogP contribution in [0.3, 0.4) is 0 Å². The molecule has 4 nitrogen and oxygen atoms in total. The fourth-order valence-corrected chi connectivity index (χ4v) is 8.74. The first kappa shape index (κ1) is 20.8. The molecule has 0 aliphatic heterocycles. The molecule has 30 heavy (non-hydrogen) atoms. The number of fused-ring (bicyclic) bond motifs is 4. The third kappa shape index (κ3) is 4.05. The van der Waals surface area contributed by atoms with E-state index in [1.807, 2.05) is 0 Å². The zero-order chi connectivity index (χ0) is 21.1. The molecule has 5 aliphatic rings. The zero-order valence-electron chi connectivity index (χ0n) is 19.3. The van der Waals surface area contributed by atoms with Crippen molar-refractivity contribution < 1.29 is 9.59 Å². The lowest BCUT2D eigenvalue weighted by Crippen LogP contribution is -2.52. The monoisotopic (exact) mass is 414 g/mol. The molecule has 0 unspecified atom stereocenters. The van der Waals surface area contributed by atoms with Gasteiger partial charge in [-0.25, -0.2) is 0 Å². The summed E-state index contributed by atoms with van der Waals surface area (Å²) in [6.07, 6.45) is 13.1. The van der Waals surface area contributed by atoms with Crippen molar-refractivity contribution >= 4 is 11.8 Å². The minimum atomic E-state index is 0.0572. The number of hydrogen-bond acceptors (Lipinski definition) is 2. The lowest BCUT2D eigenvalue weighted by atomic mass is 9.62. The summed E-state index contributed by atoms with van der Waals surface area (Å²) >= 11 is 0. The minimum Gasteiger partial charge on any atom is -0.355 e. The molecular weight excluding hydrogens is 372 g/mol. The van der Waals surface area contributed by atoms with Crippen LogP contribution in [0.2, 0.25) is 0 Å². The molecule has 2 N–H and O–H groups in total. The van der Waals surface area contributed by atoms with Gasteiger partial charge in [-0.15, -0.1) is 0 Å². The van der Waals surface area contributed by atoms with E-state index in [0.29, 0.717) is 23.7 Å². The molecule has 168 valence electrons. The topological polar surface area (TPSA) is 58.2 Å². The molecule has 5 saturated carbocycles. The molecule has 8 atom stereocenters. The van der Waals surface area contributed by atoms with Crippen LogP contribution in [0.1, 0.15) is 91.4 Å². The summed E-state index contributed by atoms with van der Waals surface area (Å²) in [7, 11) is 0. The van der Waals surface area contributed by atoms with Gasteiger partial charge >= 0.3 is 0 Å². The van der Waals surface area contributed by atoms with Crippen LogP contribution in [0.5, 0.6) is 0 Å². The van der Waals surface area contributed by atoms with Crippen LogP contribution >= 0.6 is 0 Å². The summed E-state index contributed by atoms with van der Waals surface area (Å²) < 4.78 is 0. The number of amides is 2. The van der Waals surface area contributed by atoms with Crippen LogP contribution < -0.4 is 10.6 Å². The third-order valence-electron chi connectivity index (χ3n) is 9.63. The van der Waals surface area contributed by atoms with Crippen molar-refractivity contribution in [3.63, 3.8) is 0 Å². The van der Waals surface area contributed by atoms with E-state index in [9.17, 15) is 9.59 Å². The lowest BCUT2D eigenvalue weighted by Gasteiger charge is -2.47. The minimum absolute atomic E-state index is 0.0572. The molecule has 4 bridgehead atoms. The van der Waals surface area contributed by atoms with Crippen LogP contribution in [0.25, 0.3) is 0 Å². The average Bonchev–Trinajstić information content (AvgIpc) is 3.45. The zero-order valence-corrected chi connectivity index (χ0v) is 19.3. The lowest BCUT2D eigenvalue weighted by molar-refractivity contribution is -0.129. The number of carbonyl (C=O) groups is 2. The normalized spacial score (nSPS) is 46.2. The second-order valence-electron chi connectivity index (χ2n) is 13.0. The standard InChI is InChI=1S/C26H42N2O2/c1-25(2)12-20(28-24(30)22-11-17-5-7-19(22)9-17)13-26(3,14-25)15-27-23(29)21-10-16-4-6-18(21)8-16/h16-22H,4-15H2,1-3H3,(H,27,29)(H,28,30)/t16-,17-,18-,19-,20-,21-,22-,26-/m1/s1. The summed E-state index contributed by atoms with van der Waals surface area (Å²) in [5.41, 5.74) is 0.248. The Kier molecular flexibility index (Phi) is 5.22. The summed E-state index contributed by atoms with van der Waals surface area (Å²) in [6, 6.07) is 0.241. The smallest absolute Gasteiger partial charge is 0.223 e. The maximum absolute atomic E-state index is 13.1. The van der Waals surface area contributed by atoms with E-state index in [1.54, 1.807) is 0 Å². The average molecular weight is 415 g/mol. The number of rotatable bonds is 5. The SMILES string of the molecule is CC1(C)C[C@@H](NC(=O)[C@@H]2C[C@@H]3CC[C@@H]2C3)C[C@@](C)(CNC(=O)[C@@H]2C[C@@H]3CC[C@@H]2C3)C1. The molecule has 5 rings (SSSR count). The third-order valence-corrected chi connectivity index (χ3v) is 9.63. The van der Waals surface area contributed by atoms with E-state index in [-0.39, 0.29) is 28.7 Å². The van der Waals surface area contributed by atoms with Crippen LogP contribution in [-0.4, -0.2) is 24.4 Å². The Morgan fingerprint density at radius 2 is 1.40 bits per heavy atom. The van der Waals surface area contributed by atoms with Crippen LogP contribution in [0, 0.1) is 46.3 Å². The molecule has 0 radical (unpaired) electrons. The highest BCUT2D eigenvalue weighted by Crippen LogP contribution is 2.50. The van der Waals surface area contributed by atoms with Gasteiger partial charge in [0.2, 0.25) is 11.8 Å². The van der Waals surface area contributed by atoms with Crippen molar-refractivity contribution in [2.24, 2.45) is 46.3 Å². The Morgan fingerprint density at radius 3 is 1.93 bits per heavy atom. The molecular formula is C26H42N2O2. The van der Waals surface area contributed by atoms with Crippen molar-refractivity contribution in [3.05, 3.63) is 0 Å². The van der Waals surface area contributed by atoms with Gasteiger partial charge < -0.3 is 10.6 Å². The fourth-order valence-electron chi connectivity index (χ4n) is 8.74. The highest BCUT2D eigenvalue weighted by molar-refractivity contribution is 5.80. The summed E-state index contributed by atoms with van der Waals surface area (Å²) in [4.78, 5) is 26.0. The van der Waals surface area contributed by atoms with Gasteiger partial charge in [-0.05, 0) is 92.3 Å². The predicted molar refractivity (Wildman–Crippen MR) is 119 cm³/mol. The van der Waals surface area contributed by atoms with E-state index in [2.05, 4.69) is 31.4 Å². The van der Waals surface area contributed by atoms with Crippen molar-refractivity contribution in [2.75, 3.05) is 6.54 Å². The quantitative estimate of drug-likeness (QED) is 0.686. The summed E-state index contributed by atoms with van der Waals surface area (Å²) in [5, 5.41) is 6.83. The van der Waals surface area contributed by atoms with Crippen molar-refractivity contribution in [1.29, 1.82) is 0 Å². The van der Waals surface area contributed by atoms with Crippen LogP contribution in [0.15, 0.2) is 0 Å². The van der Waals surface area contributed by atoms with Gasteiger partial charge in [-0.1, -0.05) is 33.6 Å². The number of hydrogen-bond donors (Lipinski definition) is 2. The van der Waals surface area contributed by atoms with Gasteiger partial charge in [0.15, 0.2) is 0 Å². The van der Waals surface area contributed by atoms with Gasteiger partial charge in [0.05, 0.1) is 0 Å². The van der Waals surface area contributed by atoms with E-state index < -0.39 is 0 Å². The molecule has 0 saturated heterocycles. The van der Waals surface area contributed by atoms with Crippen molar-refractivity contribution in [1.82, 2.24) is 10.6 Å². The first-order valence-electron chi connectivity index (χ1n) is 12.8. The highest BCUT2D eigenvalue weighted by atomic mass is 16.2. The van der Waals surface area contributed by atoms with Gasteiger partial charge in [0.25, 0.3) is 0 Å². The van der Waals surface area contributed by atoms with E-state index in [1.165, 1.54) is 38.5 Å². The largest absolute Gasteiger partial charge is 0.355 e. The molecule has 0 heterocycles. The molecule has 0 aromatic heterocycles. The first-order valence-corrected chi connectivity index (χ1v) is 12.8. The Labute approximate surface area is 182 Å². The number of nitrogens with one attached hydrogen (secondary N) is 2. The van der Waals surface area contributed by atoms with Crippen molar-refractivity contribution in [3.8, 4) is 0 Å². The molecule has 2 amide bonds. The first-order chi connectivity index (χ1) is 14.2. The van der Waals surface area contributed by atoms with E-state index in [0.717, 1.165) is 50.5 Å². The van der Waals surface area contributed by atoms with Crippen LogP contribution in [-0.2, 0) is 9.59 Å². The maximum Gasteiger partial charge on any atom is 0.223 e. The maximum atomic E-state index is 13.1. The van der Waals surface area contributed by atoms with E-state index in [4.69, 9.17) is 0 Å².